The van der Waals surface area contributed by atoms with Crippen molar-refractivity contribution in [3.63, 3.8) is 0 Å². The van der Waals surface area contributed by atoms with Crippen LogP contribution in [0.4, 0.5) is 0 Å². The van der Waals surface area contributed by atoms with Crippen molar-refractivity contribution in [1.82, 2.24) is 5.32 Å². The van der Waals surface area contributed by atoms with Gasteiger partial charge in [-0.1, -0.05) is 20.8 Å². The first-order valence-corrected chi connectivity index (χ1v) is 6.36. The second kappa shape index (κ2) is 5.83. The van der Waals surface area contributed by atoms with E-state index in [0.29, 0.717) is 18.6 Å². The summed E-state index contributed by atoms with van der Waals surface area (Å²) in [5.74, 6) is -0.524. The molecule has 0 aromatic heterocycles. The van der Waals surface area contributed by atoms with Crippen LogP contribution < -0.4 is 5.32 Å². The Hall–Kier alpha value is -0.610. The Morgan fingerprint density at radius 2 is 2.12 bits per heavy atom. The smallest absolute Gasteiger partial charge is 0.307 e. The fraction of sp³-hybridized carbons (Fsp3) is 0.923. The summed E-state index contributed by atoms with van der Waals surface area (Å²) in [6, 6.07) is 0.399. The van der Waals surface area contributed by atoms with Gasteiger partial charge in [0.05, 0.1) is 12.5 Å². The summed E-state index contributed by atoms with van der Waals surface area (Å²) in [4.78, 5) is 11.2. The summed E-state index contributed by atoms with van der Waals surface area (Å²) in [7, 11) is 1.69. The summed E-state index contributed by atoms with van der Waals surface area (Å²) in [5, 5.41) is 12.7. The highest BCUT2D eigenvalue weighted by Gasteiger charge is 2.45. The maximum Gasteiger partial charge on any atom is 0.307 e. The first-order valence-electron chi connectivity index (χ1n) is 6.36. The quantitative estimate of drug-likeness (QED) is 0.722. The third-order valence-electron chi connectivity index (χ3n) is 4.45. The van der Waals surface area contributed by atoms with E-state index in [1.807, 2.05) is 0 Å². The van der Waals surface area contributed by atoms with Gasteiger partial charge in [0, 0.05) is 19.7 Å². The fourth-order valence-corrected chi connectivity index (χ4v) is 2.87. The van der Waals surface area contributed by atoms with Gasteiger partial charge in [-0.2, -0.15) is 0 Å². The van der Waals surface area contributed by atoms with Gasteiger partial charge in [0.25, 0.3) is 0 Å². The van der Waals surface area contributed by atoms with Crippen molar-refractivity contribution in [2.45, 2.75) is 39.7 Å². The summed E-state index contributed by atoms with van der Waals surface area (Å²) < 4.78 is 5.02. The van der Waals surface area contributed by atoms with E-state index in [9.17, 15) is 9.90 Å². The van der Waals surface area contributed by atoms with E-state index < -0.39 is 5.97 Å². The van der Waals surface area contributed by atoms with Crippen LogP contribution in [0.1, 0.15) is 33.6 Å². The minimum Gasteiger partial charge on any atom is -0.481 e. The standard InChI is InChI=1S/C13H25NO3/c1-9-11(14-7-8-17-4)6-5-10(12(15)16)13(9,2)3/h9-11,14H,5-8H2,1-4H3,(H,15,16). The number of methoxy groups -OCH3 is 1. The molecule has 0 aromatic carbocycles. The third kappa shape index (κ3) is 3.19. The summed E-state index contributed by atoms with van der Waals surface area (Å²) in [6.45, 7) is 7.83. The summed E-state index contributed by atoms with van der Waals surface area (Å²) in [5.41, 5.74) is -0.158. The predicted octanol–water partition coefficient (Wildman–Crippen LogP) is 1.75. The molecule has 0 aliphatic heterocycles. The van der Waals surface area contributed by atoms with Gasteiger partial charge in [0.15, 0.2) is 0 Å². The molecule has 1 fully saturated rings. The van der Waals surface area contributed by atoms with Crippen LogP contribution in [0, 0.1) is 17.3 Å². The van der Waals surface area contributed by atoms with Crippen LogP contribution in [-0.4, -0.2) is 37.4 Å². The Morgan fingerprint density at radius 3 is 2.65 bits per heavy atom. The molecule has 3 unspecified atom stereocenters. The van der Waals surface area contributed by atoms with Crippen LogP contribution in [0.2, 0.25) is 0 Å². The van der Waals surface area contributed by atoms with Crippen LogP contribution in [0.25, 0.3) is 0 Å². The second-order valence-electron chi connectivity index (χ2n) is 5.63. The highest BCUT2D eigenvalue weighted by molar-refractivity contribution is 5.71. The van der Waals surface area contributed by atoms with Gasteiger partial charge in [0.2, 0.25) is 0 Å². The molecule has 0 heterocycles. The molecule has 0 spiro atoms. The van der Waals surface area contributed by atoms with Crippen molar-refractivity contribution >= 4 is 5.97 Å². The molecule has 1 saturated carbocycles. The van der Waals surface area contributed by atoms with Gasteiger partial charge in [-0.05, 0) is 24.2 Å². The highest BCUT2D eigenvalue weighted by atomic mass is 16.5. The van der Waals surface area contributed by atoms with Crippen molar-refractivity contribution in [2.24, 2.45) is 17.3 Å². The first kappa shape index (κ1) is 14.5. The fourth-order valence-electron chi connectivity index (χ4n) is 2.87. The number of carboxylic acid groups (broad SMARTS) is 1. The molecule has 4 heteroatoms. The Bertz CT molecular complexity index is 265. The lowest BCUT2D eigenvalue weighted by molar-refractivity contribution is -0.150. The zero-order chi connectivity index (χ0) is 13.1. The molecular formula is C13H25NO3. The van der Waals surface area contributed by atoms with Crippen LogP contribution in [0.3, 0.4) is 0 Å². The van der Waals surface area contributed by atoms with Gasteiger partial charge >= 0.3 is 5.97 Å². The predicted molar refractivity (Wildman–Crippen MR) is 67.0 cm³/mol. The van der Waals surface area contributed by atoms with Gasteiger partial charge in [-0.25, -0.2) is 0 Å². The average Bonchev–Trinajstić information content (AvgIpc) is 2.24. The molecule has 0 aromatic rings. The molecule has 0 radical (unpaired) electrons. The Labute approximate surface area is 104 Å². The minimum atomic E-state index is -0.655. The molecule has 100 valence electrons. The number of ether oxygens (including phenoxy) is 1. The Morgan fingerprint density at radius 1 is 1.47 bits per heavy atom. The molecule has 0 saturated heterocycles. The Balaban J connectivity index is 2.61. The SMILES string of the molecule is COCCNC1CCC(C(=O)O)C(C)(C)C1C. The van der Waals surface area contributed by atoms with E-state index in [4.69, 9.17) is 4.74 Å². The van der Waals surface area contributed by atoms with E-state index in [1.165, 1.54) is 0 Å². The van der Waals surface area contributed by atoms with Crippen molar-refractivity contribution in [1.29, 1.82) is 0 Å². The number of aliphatic carboxylic acids is 1. The van der Waals surface area contributed by atoms with Crippen LogP contribution >= 0.6 is 0 Å². The Kier molecular flexibility index (Phi) is 4.95. The number of hydrogen-bond donors (Lipinski definition) is 2. The van der Waals surface area contributed by atoms with E-state index >= 15 is 0 Å². The molecular weight excluding hydrogens is 218 g/mol. The third-order valence-corrected chi connectivity index (χ3v) is 4.45. The number of carbonyl (C=O) groups is 1. The summed E-state index contributed by atoms with van der Waals surface area (Å²) in [6.07, 6.45) is 1.70. The maximum atomic E-state index is 11.2. The van der Waals surface area contributed by atoms with E-state index in [2.05, 4.69) is 26.1 Å². The average molecular weight is 243 g/mol. The zero-order valence-corrected chi connectivity index (χ0v) is 11.3. The number of carboxylic acids is 1. The maximum absolute atomic E-state index is 11.2. The number of rotatable bonds is 5. The monoisotopic (exact) mass is 243 g/mol. The zero-order valence-electron chi connectivity index (χ0n) is 11.3. The van der Waals surface area contributed by atoms with Crippen molar-refractivity contribution in [2.75, 3.05) is 20.3 Å². The van der Waals surface area contributed by atoms with Gasteiger partial charge < -0.3 is 15.2 Å². The van der Waals surface area contributed by atoms with E-state index in [1.54, 1.807) is 7.11 Å². The molecule has 2 N–H and O–H groups in total. The molecule has 0 bridgehead atoms. The van der Waals surface area contributed by atoms with Crippen molar-refractivity contribution in [3.8, 4) is 0 Å². The van der Waals surface area contributed by atoms with Crippen LogP contribution in [0.15, 0.2) is 0 Å². The van der Waals surface area contributed by atoms with Gasteiger partial charge in [0.1, 0.15) is 0 Å². The van der Waals surface area contributed by atoms with Crippen molar-refractivity contribution in [3.05, 3.63) is 0 Å². The number of nitrogens with one attached hydrogen (secondary N) is 1. The molecule has 1 aliphatic rings. The lowest BCUT2D eigenvalue weighted by Gasteiger charge is -2.46. The minimum absolute atomic E-state index is 0.158. The van der Waals surface area contributed by atoms with Crippen molar-refractivity contribution < 1.29 is 14.6 Å². The molecule has 3 atom stereocenters. The molecule has 0 amide bonds. The lowest BCUT2D eigenvalue weighted by atomic mass is 9.61. The lowest BCUT2D eigenvalue weighted by Crippen LogP contribution is -2.51. The largest absolute Gasteiger partial charge is 0.481 e. The molecule has 1 rings (SSSR count). The van der Waals surface area contributed by atoms with Gasteiger partial charge in [-0.3, -0.25) is 4.79 Å². The number of hydrogen-bond acceptors (Lipinski definition) is 3. The van der Waals surface area contributed by atoms with Crippen LogP contribution in [0.5, 0.6) is 0 Å². The topological polar surface area (TPSA) is 58.6 Å². The normalized spacial score (nSPS) is 32.4. The van der Waals surface area contributed by atoms with Crippen LogP contribution in [-0.2, 0) is 9.53 Å². The highest BCUT2D eigenvalue weighted by Crippen LogP contribution is 2.44. The molecule has 17 heavy (non-hydrogen) atoms. The van der Waals surface area contributed by atoms with E-state index in [0.717, 1.165) is 19.4 Å². The second-order valence-corrected chi connectivity index (χ2v) is 5.63. The van der Waals surface area contributed by atoms with Gasteiger partial charge in [-0.15, -0.1) is 0 Å². The first-order chi connectivity index (χ1) is 7.91. The summed E-state index contributed by atoms with van der Waals surface area (Å²) >= 11 is 0. The molecule has 1 aliphatic carbocycles. The molecule has 4 nitrogen and oxygen atoms in total. The van der Waals surface area contributed by atoms with E-state index in [-0.39, 0.29) is 11.3 Å².